The van der Waals surface area contributed by atoms with Gasteiger partial charge in [0.05, 0.1) is 0 Å². The van der Waals surface area contributed by atoms with Crippen LogP contribution in [0.5, 0.6) is 0 Å². The van der Waals surface area contributed by atoms with Gasteiger partial charge in [-0.3, -0.25) is 4.90 Å². The van der Waals surface area contributed by atoms with Gasteiger partial charge in [-0.1, -0.05) is 25.1 Å². The van der Waals surface area contributed by atoms with E-state index in [1.165, 1.54) is 19.4 Å². The minimum atomic E-state index is 0.630. The number of benzene rings is 1. The van der Waals surface area contributed by atoms with Crippen molar-refractivity contribution in [3.8, 4) is 0 Å². The lowest BCUT2D eigenvalue weighted by Gasteiger charge is -2.23. The zero-order valence-corrected chi connectivity index (χ0v) is 11.7. The summed E-state index contributed by atoms with van der Waals surface area (Å²) in [6.45, 7) is 5.51. The van der Waals surface area contributed by atoms with E-state index < -0.39 is 0 Å². The van der Waals surface area contributed by atoms with Crippen LogP contribution in [0.25, 0.3) is 0 Å². The van der Waals surface area contributed by atoms with Crippen molar-refractivity contribution in [1.82, 2.24) is 10.2 Å². The van der Waals surface area contributed by atoms with Gasteiger partial charge in [-0.2, -0.15) is 0 Å². The van der Waals surface area contributed by atoms with Crippen LogP contribution in [0.15, 0.2) is 30.3 Å². The monoisotopic (exact) mass is 263 g/mol. The van der Waals surface area contributed by atoms with Crippen molar-refractivity contribution in [2.45, 2.75) is 25.8 Å². The summed E-state index contributed by atoms with van der Waals surface area (Å²) in [5, 5.41) is 7.23. The third-order valence-electron chi connectivity index (χ3n) is 3.44. The summed E-state index contributed by atoms with van der Waals surface area (Å²) in [7, 11) is 0. The normalized spacial score (nSPS) is 19.7. The van der Waals surface area contributed by atoms with Crippen LogP contribution in [0.4, 0.5) is 5.69 Å². The van der Waals surface area contributed by atoms with Crippen LogP contribution in [0.2, 0.25) is 0 Å². The molecule has 1 aromatic carbocycles. The minimum Gasteiger partial charge on any atom is -0.361 e. The molecule has 1 fully saturated rings. The number of thiocarbonyl (C=S) groups is 1. The zero-order chi connectivity index (χ0) is 12.8. The summed E-state index contributed by atoms with van der Waals surface area (Å²) in [4.78, 5) is 2.51. The average molecular weight is 263 g/mol. The molecule has 0 saturated carbocycles. The largest absolute Gasteiger partial charge is 0.361 e. The third kappa shape index (κ3) is 3.68. The lowest BCUT2D eigenvalue weighted by Crippen LogP contribution is -2.41. The molecule has 18 heavy (non-hydrogen) atoms. The van der Waals surface area contributed by atoms with Gasteiger partial charge in [0.15, 0.2) is 5.11 Å². The molecule has 1 unspecified atom stereocenters. The van der Waals surface area contributed by atoms with E-state index in [0.717, 1.165) is 18.8 Å². The van der Waals surface area contributed by atoms with E-state index in [1.807, 2.05) is 30.3 Å². The summed E-state index contributed by atoms with van der Waals surface area (Å²) in [6, 6.07) is 10.7. The van der Waals surface area contributed by atoms with Gasteiger partial charge in [0.25, 0.3) is 0 Å². The van der Waals surface area contributed by atoms with Gasteiger partial charge in [-0.25, -0.2) is 0 Å². The number of likely N-dealkylation sites (tertiary alicyclic amines) is 1. The van der Waals surface area contributed by atoms with Crippen LogP contribution in [0, 0.1) is 0 Å². The zero-order valence-electron chi connectivity index (χ0n) is 10.9. The SMILES string of the molecule is CCN1CCCC1CNC(=S)Nc1ccccc1. The highest BCUT2D eigenvalue weighted by Crippen LogP contribution is 2.15. The molecule has 1 atom stereocenters. The molecule has 0 radical (unpaired) electrons. The number of hydrogen-bond donors (Lipinski definition) is 2. The predicted molar refractivity (Wildman–Crippen MR) is 80.9 cm³/mol. The van der Waals surface area contributed by atoms with E-state index >= 15 is 0 Å². The van der Waals surface area contributed by atoms with Gasteiger partial charge in [0.1, 0.15) is 0 Å². The average Bonchev–Trinajstić information content (AvgIpc) is 2.85. The summed E-state index contributed by atoms with van der Waals surface area (Å²) >= 11 is 5.30. The number of anilines is 1. The molecule has 1 aliphatic heterocycles. The van der Waals surface area contributed by atoms with E-state index in [2.05, 4.69) is 22.5 Å². The first kappa shape index (κ1) is 13.3. The smallest absolute Gasteiger partial charge is 0.170 e. The Morgan fingerprint density at radius 1 is 1.39 bits per heavy atom. The van der Waals surface area contributed by atoms with E-state index in [9.17, 15) is 0 Å². The molecular formula is C14H21N3S. The molecule has 0 aromatic heterocycles. The Labute approximate surface area is 115 Å². The molecule has 0 spiro atoms. The van der Waals surface area contributed by atoms with Crippen LogP contribution >= 0.6 is 12.2 Å². The molecule has 0 aliphatic carbocycles. The molecule has 3 nitrogen and oxygen atoms in total. The first-order valence-electron chi connectivity index (χ1n) is 6.63. The van der Waals surface area contributed by atoms with Gasteiger partial charge < -0.3 is 10.6 Å². The third-order valence-corrected chi connectivity index (χ3v) is 3.68. The van der Waals surface area contributed by atoms with Crippen LogP contribution in [-0.2, 0) is 0 Å². The van der Waals surface area contributed by atoms with Crippen molar-refractivity contribution in [3.05, 3.63) is 30.3 Å². The van der Waals surface area contributed by atoms with Crippen molar-refractivity contribution < 1.29 is 0 Å². The maximum atomic E-state index is 5.30. The van der Waals surface area contributed by atoms with E-state index in [-0.39, 0.29) is 0 Å². The molecule has 2 rings (SSSR count). The molecular weight excluding hydrogens is 242 g/mol. The lowest BCUT2D eigenvalue weighted by molar-refractivity contribution is 0.267. The number of hydrogen-bond acceptors (Lipinski definition) is 2. The fourth-order valence-electron chi connectivity index (χ4n) is 2.45. The van der Waals surface area contributed by atoms with E-state index in [1.54, 1.807) is 0 Å². The van der Waals surface area contributed by atoms with Crippen molar-refractivity contribution in [1.29, 1.82) is 0 Å². The maximum Gasteiger partial charge on any atom is 0.170 e. The van der Waals surface area contributed by atoms with Crippen molar-refractivity contribution in [2.24, 2.45) is 0 Å². The fraction of sp³-hybridized carbons (Fsp3) is 0.500. The molecule has 0 bridgehead atoms. The summed E-state index contributed by atoms with van der Waals surface area (Å²) in [6.07, 6.45) is 2.58. The van der Waals surface area contributed by atoms with Gasteiger partial charge in [0, 0.05) is 18.3 Å². The summed E-state index contributed by atoms with van der Waals surface area (Å²) in [5.74, 6) is 0. The molecule has 1 aromatic rings. The second-order valence-electron chi connectivity index (χ2n) is 4.63. The predicted octanol–water partition coefficient (Wildman–Crippen LogP) is 2.46. The Hall–Kier alpha value is -1.13. The molecule has 1 saturated heterocycles. The van der Waals surface area contributed by atoms with Gasteiger partial charge in [0.2, 0.25) is 0 Å². The Morgan fingerprint density at radius 3 is 2.89 bits per heavy atom. The first-order valence-corrected chi connectivity index (χ1v) is 7.04. The number of para-hydroxylation sites is 1. The Balaban J connectivity index is 1.75. The quantitative estimate of drug-likeness (QED) is 0.816. The molecule has 2 N–H and O–H groups in total. The van der Waals surface area contributed by atoms with E-state index in [4.69, 9.17) is 12.2 Å². The highest BCUT2D eigenvalue weighted by atomic mass is 32.1. The van der Waals surface area contributed by atoms with Crippen LogP contribution in [0.3, 0.4) is 0 Å². The molecule has 1 heterocycles. The lowest BCUT2D eigenvalue weighted by atomic mass is 10.2. The second-order valence-corrected chi connectivity index (χ2v) is 5.03. The Kier molecular flexibility index (Phi) is 4.96. The first-order chi connectivity index (χ1) is 8.79. The number of nitrogens with zero attached hydrogens (tertiary/aromatic N) is 1. The van der Waals surface area contributed by atoms with Crippen molar-refractivity contribution >= 4 is 23.0 Å². The Morgan fingerprint density at radius 2 is 2.17 bits per heavy atom. The van der Waals surface area contributed by atoms with Crippen molar-refractivity contribution in [3.63, 3.8) is 0 Å². The minimum absolute atomic E-state index is 0.630. The number of likely N-dealkylation sites (N-methyl/N-ethyl adjacent to an activating group) is 1. The second kappa shape index (κ2) is 6.71. The number of nitrogens with one attached hydrogen (secondary N) is 2. The summed E-state index contributed by atoms with van der Waals surface area (Å²) < 4.78 is 0. The standard InChI is InChI=1S/C14H21N3S/c1-2-17-10-6-9-13(17)11-15-14(18)16-12-7-4-3-5-8-12/h3-5,7-8,13H,2,6,9-11H2,1H3,(H2,15,16,18). The molecule has 1 aliphatic rings. The Bertz CT molecular complexity index is 380. The highest BCUT2D eigenvalue weighted by molar-refractivity contribution is 7.80. The van der Waals surface area contributed by atoms with Crippen LogP contribution in [0.1, 0.15) is 19.8 Å². The topological polar surface area (TPSA) is 27.3 Å². The fourth-order valence-corrected chi connectivity index (χ4v) is 2.65. The van der Waals surface area contributed by atoms with Crippen LogP contribution in [-0.4, -0.2) is 35.7 Å². The summed E-state index contributed by atoms with van der Waals surface area (Å²) in [5.41, 5.74) is 1.04. The highest BCUT2D eigenvalue weighted by Gasteiger charge is 2.22. The maximum absolute atomic E-state index is 5.30. The van der Waals surface area contributed by atoms with E-state index in [0.29, 0.717) is 11.2 Å². The number of rotatable bonds is 4. The van der Waals surface area contributed by atoms with Gasteiger partial charge in [-0.15, -0.1) is 0 Å². The molecule has 98 valence electrons. The molecule has 0 amide bonds. The van der Waals surface area contributed by atoms with Crippen LogP contribution < -0.4 is 10.6 Å². The van der Waals surface area contributed by atoms with Crippen molar-refractivity contribution in [2.75, 3.05) is 25.0 Å². The molecule has 4 heteroatoms. The van der Waals surface area contributed by atoms with Gasteiger partial charge in [-0.05, 0) is 50.3 Å². The van der Waals surface area contributed by atoms with Gasteiger partial charge >= 0.3 is 0 Å².